The van der Waals surface area contributed by atoms with E-state index in [-0.39, 0.29) is 28.6 Å². The van der Waals surface area contributed by atoms with E-state index in [1.807, 2.05) is 6.07 Å². The van der Waals surface area contributed by atoms with Crippen molar-refractivity contribution in [2.75, 3.05) is 13.2 Å². The zero-order valence-electron chi connectivity index (χ0n) is 8.85. The van der Waals surface area contributed by atoms with Gasteiger partial charge in [0.2, 0.25) is 10.0 Å². The molecule has 5 nitrogen and oxygen atoms in total. The molecule has 7 heteroatoms. The summed E-state index contributed by atoms with van der Waals surface area (Å²) in [7, 11) is -3.74. The maximum atomic E-state index is 11.8. The van der Waals surface area contributed by atoms with Crippen LogP contribution >= 0.6 is 11.6 Å². The van der Waals surface area contributed by atoms with Crippen LogP contribution < -0.4 is 4.72 Å². The first kappa shape index (κ1) is 13.9. The number of rotatable bonds is 5. The Balaban J connectivity index is 3.02. The van der Waals surface area contributed by atoms with Gasteiger partial charge in [-0.15, -0.1) is 0 Å². The molecule has 0 fully saturated rings. The van der Waals surface area contributed by atoms with Crippen LogP contribution in [0.4, 0.5) is 0 Å². The second kappa shape index (κ2) is 5.98. The van der Waals surface area contributed by atoms with Crippen molar-refractivity contribution in [2.24, 2.45) is 0 Å². The highest BCUT2D eigenvalue weighted by Gasteiger charge is 2.17. The molecule has 0 aliphatic heterocycles. The summed E-state index contributed by atoms with van der Waals surface area (Å²) in [6.07, 6.45) is 0.314. The standard InChI is InChI=1S/C10H11ClN2O3S/c11-9-3-2-8(7-12)6-10(9)17(15,16)13-4-1-5-14/h2-3,6,13-14H,1,4-5H2. The van der Waals surface area contributed by atoms with Crippen LogP contribution in [0.5, 0.6) is 0 Å². The van der Waals surface area contributed by atoms with Gasteiger partial charge in [-0.25, -0.2) is 13.1 Å². The topological polar surface area (TPSA) is 90.2 Å². The molecular formula is C10H11ClN2O3S. The van der Waals surface area contributed by atoms with E-state index < -0.39 is 10.0 Å². The van der Waals surface area contributed by atoms with E-state index in [4.69, 9.17) is 22.0 Å². The Kier molecular flexibility index (Phi) is 4.90. The van der Waals surface area contributed by atoms with Gasteiger partial charge in [-0.1, -0.05) is 11.6 Å². The molecule has 0 unspecified atom stereocenters. The van der Waals surface area contributed by atoms with Gasteiger partial charge >= 0.3 is 0 Å². The van der Waals surface area contributed by atoms with Crippen molar-refractivity contribution in [3.05, 3.63) is 28.8 Å². The Morgan fingerprint density at radius 3 is 2.76 bits per heavy atom. The van der Waals surface area contributed by atoms with Crippen molar-refractivity contribution in [2.45, 2.75) is 11.3 Å². The molecule has 0 spiro atoms. The van der Waals surface area contributed by atoms with Crippen LogP contribution in [-0.4, -0.2) is 26.7 Å². The van der Waals surface area contributed by atoms with Crippen LogP contribution in [-0.2, 0) is 10.0 Å². The Labute approximate surface area is 105 Å². The highest BCUT2D eigenvalue weighted by Crippen LogP contribution is 2.22. The van der Waals surface area contributed by atoms with Gasteiger partial charge in [-0.05, 0) is 24.6 Å². The van der Waals surface area contributed by atoms with Gasteiger partial charge in [0, 0.05) is 13.2 Å². The maximum Gasteiger partial charge on any atom is 0.242 e. The number of nitrogens with one attached hydrogen (secondary N) is 1. The van der Waals surface area contributed by atoms with Gasteiger partial charge in [0.25, 0.3) is 0 Å². The molecule has 0 atom stereocenters. The quantitative estimate of drug-likeness (QED) is 0.780. The largest absolute Gasteiger partial charge is 0.396 e. The first-order valence-corrected chi connectivity index (χ1v) is 6.67. The zero-order valence-corrected chi connectivity index (χ0v) is 10.4. The number of nitriles is 1. The molecule has 1 aromatic rings. The fourth-order valence-corrected chi connectivity index (χ4v) is 2.74. The molecule has 17 heavy (non-hydrogen) atoms. The SMILES string of the molecule is N#Cc1ccc(Cl)c(S(=O)(=O)NCCCO)c1. The minimum absolute atomic E-state index is 0.0560. The van der Waals surface area contributed by atoms with Crippen molar-refractivity contribution in [1.29, 1.82) is 5.26 Å². The van der Waals surface area contributed by atoms with E-state index in [9.17, 15) is 8.42 Å². The fraction of sp³-hybridized carbons (Fsp3) is 0.300. The van der Waals surface area contributed by atoms with E-state index >= 15 is 0 Å². The van der Waals surface area contributed by atoms with Gasteiger partial charge in [0.15, 0.2) is 0 Å². The Hall–Kier alpha value is -1.13. The molecule has 0 radical (unpaired) electrons. The average molecular weight is 275 g/mol. The van der Waals surface area contributed by atoms with Crippen molar-refractivity contribution in [1.82, 2.24) is 4.72 Å². The number of aliphatic hydroxyl groups excluding tert-OH is 1. The monoisotopic (exact) mass is 274 g/mol. The second-order valence-electron chi connectivity index (χ2n) is 3.23. The highest BCUT2D eigenvalue weighted by atomic mass is 35.5. The minimum Gasteiger partial charge on any atom is -0.396 e. The third-order valence-corrected chi connectivity index (χ3v) is 3.92. The summed E-state index contributed by atoms with van der Waals surface area (Å²) in [6.45, 7) is 0.0143. The van der Waals surface area contributed by atoms with Crippen molar-refractivity contribution >= 4 is 21.6 Å². The molecule has 1 aromatic carbocycles. The number of hydrogen-bond donors (Lipinski definition) is 2. The number of hydrogen-bond acceptors (Lipinski definition) is 4. The summed E-state index contributed by atoms with van der Waals surface area (Å²) in [5.74, 6) is 0. The van der Waals surface area contributed by atoms with Crippen molar-refractivity contribution < 1.29 is 13.5 Å². The van der Waals surface area contributed by atoms with Crippen LogP contribution in [0.1, 0.15) is 12.0 Å². The van der Waals surface area contributed by atoms with E-state index in [1.165, 1.54) is 18.2 Å². The number of benzene rings is 1. The van der Waals surface area contributed by atoms with Gasteiger partial charge < -0.3 is 5.11 Å². The van der Waals surface area contributed by atoms with Crippen LogP contribution in [0.15, 0.2) is 23.1 Å². The molecule has 2 N–H and O–H groups in total. The summed E-state index contributed by atoms with van der Waals surface area (Å²) in [5, 5.41) is 17.3. The lowest BCUT2D eigenvalue weighted by molar-refractivity contribution is 0.289. The normalized spacial score (nSPS) is 11.1. The van der Waals surface area contributed by atoms with E-state index in [0.29, 0.717) is 6.42 Å². The number of sulfonamides is 1. The van der Waals surface area contributed by atoms with E-state index in [0.717, 1.165) is 0 Å². The minimum atomic E-state index is -3.74. The molecular weight excluding hydrogens is 264 g/mol. The van der Waals surface area contributed by atoms with E-state index in [1.54, 1.807) is 0 Å². The summed E-state index contributed by atoms with van der Waals surface area (Å²) in [4.78, 5) is -0.129. The summed E-state index contributed by atoms with van der Waals surface area (Å²) in [5.41, 5.74) is 0.219. The van der Waals surface area contributed by atoms with Gasteiger partial charge in [-0.2, -0.15) is 5.26 Å². The predicted molar refractivity (Wildman–Crippen MR) is 63.1 cm³/mol. The summed E-state index contributed by atoms with van der Waals surface area (Å²) >= 11 is 5.77. The molecule has 0 aliphatic rings. The number of halogens is 1. The van der Waals surface area contributed by atoms with Crippen LogP contribution in [0, 0.1) is 11.3 Å². The smallest absolute Gasteiger partial charge is 0.242 e. The van der Waals surface area contributed by atoms with Gasteiger partial charge in [0.05, 0.1) is 16.7 Å². The van der Waals surface area contributed by atoms with Crippen molar-refractivity contribution in [3.63, 3.8) is 0 Å². The van der Waals surface area contributed by atoms with Gasteiger partial charge in [-0.3, -0.25) is 0 Å². The van der Waals surface area contributed by atoms with Crippen molar-refractivity contribution in [3.8, 4) is 6.07 Å². The molecule has 0 amide bonds. The highest BCUT2D eigenvalue weighted by molar-refractivity contribution is 7.89. The molecule has 0 aromatic heterocycles. The lowest BCUT2D eigenvalue weighted by Crippen LogP contribution is -2.25. The first-order valence-electron chi connectivity index (χ1n) is 4.81. The summed E-state index contributed by atoms with van der Waals surface area (Å²) in [6, 6.07) is 5.86. The average Bonchev–Trinajstić information content (AvgIpc) is 2.29. The first-order chi connectivity index (χ1) is 8.01. The third kappa shape index (κ3) is 3.68. The maximum absolute atomic E-state index is 11.8. The predicted octanol–water partition coefficient (Wildman–Crippen LogP) is 0.872. The Bertz CT molecular complexity index is 537. The summed E-state index contributed by atoms with van der Waals surface area (Å²) < 4.78 is 25.9. The lowest BCUT2D eigenvalue weighted by Gasteiger charge is -2.07. The lowest BCUT2D eigenvalue weighted by atomic mass is 10.2. The van der Waals surface area contributed by atoms with Crippen LogP contribution in [0.25, 0.3) is 0 Å². The molecule has 92 valence electrons. The second-order valence-corrected chi connectivity index (χ2v) is 5.37. The number of aliphatic hydroxyl groups is 1. The van der Waals surface area contributed by atoms with Gasteiger partial charge in [0.1, 0.15) is 4.90 Å². The van der Waals surface area contributed by atoms with Crippen LogP contribution in [0.2, 0.25) is 5.02 Å². The Morgan fingerprint density at radius 1 is 1.47 bits per heavy atom. The Morgan fingerprint density at radius 2 is 2.18 bits per heavy atom. The molecule has 0 saturated heterocycles. The molecule has 1 rings (SSSR count). The zero-order chi connectivity index (χ0) is 12.9. The molecule has 0 bridgehead atoms. The fourth-order valence-electron chi connectivity index (χ4n) is 1.14. The molecule has 0 saturated carbocycles. The molecule has 0 aliphatic carbocycles. The number of nitrogens with zero attached hydrogens (tertiary/aromatic N) is 1. The van der Waals surface area contributed by atoms with Crippen LogP contribution in [0.3, 0.4) is 0 Å². The third-order valence-electron chi connectivity index (χ3n) is 1.98. The van der Waals surface area contributed by atoms with E-state index in [2.05, 4.69) is 4.72 Å². The molecule has 0 heterocycles.